The second-order valence-corrected chi connectivity index (χ2v) is 3.23. The van der Waals surface area contributed by atoms with E-state index < -0.39 is 5.91 Å². The largest absolute Gasteiger partial charge is 0.365 e. The van der Waals surface area contributed by atoms with Crippen molar-refractivity contribution < 1.29 is 4.79 Å². The summed E-state index contributed by atoms with van der Waals surface area (Å²) in [7, 11) is 0. The van der Waals surface area contributed by atoms with E-state index in [-0.39, 0.29) is 0 Å². The number of carbonyl (C=O) groups excluding carboxylic acids is 1. The second kappa shape index (κ2) is 3.60. The van der Waals surface area contributed by atoms with Crippen LogP contribution < -0.4 is 5.73 Å². The number of carbonyl (C=O) groups is 1. The summed E-state index contributed by atoms with van der Waals surface area (Å²) in [6.07, 6.45) is 2.70. The van der Waals surface area contributed by atoms with Gasteiger partial charge in [-0.25, -0.2) is 0 Å². The Labute approximate surface area is 77.7 Å². The molecule has 1 unspecified atom stereocenters. The van der Waals surface area contributed by atoms with Crippen LogP contribution in [0.5, 0.6) is 0 Å². The monoisotopic (exact) mass is 181 g/mol. The minimum Gasteiger partial charge on any atom is -0.365 e. The third kappa shape index (κ3) is 1.88. The minimum absolute atomic E-state index is 0.312. The fourth-order valence-electron chi connectivity index (χ4n) is 1.14. The van der Waals surface area contributed by atoms with Crippen LogP contribution in [0.15, 0.2) is 6.20 Å². The summed E-state index contributed by atoms with van der Waals surface area (Å²) >= 11 is 0. The molecular formula is C9H15N3O. The quantitative estimate of drug-likeness (QED) is 0.763. The molecule has 1 atom stereocenters. The average Bonchev–Trinajstić information content (AvgIpc) is 2.46. The van der Waals surface area contributed by atoms with Crippen LogP contribution in [0.2, 0.25) is 0 Å². The van der Waals surface area contributed by atoms with Crippen molar-refractivity contribution in [3.8, 4) is 0 Å². The Morgan fingerprint density at radius 2 is 2.38 bits per heavy atom. The Bertz CT molecular complexity index is 317. The Kier molecular flexibility index (Phi) is 2.70. The van der Waals surface area contributed by atoms with Gasteiger partial charge in [-0.05, 0) is 20.3 Å². The van der Waals surface area contributed by atoms with Crippen molar-refractivity contribution in [2.45, 2.75) is 33.2 Å². The van der Waals surface area contributed by atoms with E-state index in [2.05, 4.69) is 18.9 Å². The molecular weight excluding hydrogens is 166 g/mol. The van der Waals surface area contributed by atoms with E-state index in [1.165, 1.54) is 0 Å². The van der Waals surface area contributed by atoms with Crippen LogP contribution in [0, 0.1) is 6.92 Å². The second-order valence-electron chi connectivity index (χ2n) is 3.23. The van der Waals surface area contributed by atoms with Gasteiger partial charge in [-0.3, -0.25) is 9.48 Å². The highest BCUT2D eigenvalue weighted by Gasteiger charge is 2.11. The molecule has 0 spiro atoms. The predicted molar refractivity (Wildman–Crippen MR) is 50.5 cm³/mol. The smallest absolute Gasteiger partial charge is 0.252 e. The summed E-state index contributed by atoms with van der Waals surface area (Å²) in [4.78, 5) is 10.9. The molecule has 4 heteroatoms. The highest BCUT2D eigenvalue weighted by atomic mass is 16.1. The molecule has 13 heavy (non-hydrogen) atoms. The molecule has 0 aliphatic carbocycles. The molecule has 1 rings (SSSR count). The summed E-state index contributed by atoms with van der Waals surface area (Å²) in [5.41, 5.74) is 6.39. The van der Waals surface area contributed by atoms with Gasteiger partial charge in [-0.2, -0.15) is 5.10 Å². The number of amides is 1. The molecule has 1 aromatic heterocycles. The zero-order valence-electron chi connectivity index (χ0n) is 8.24. The third-order valence-electron chi connectivity index (χ3n) is 2.22. The van der Waals surface area contributed by atoms with Crippen molar-refractivity contribution in [2.24, 2.45) is 5.73 Å². The normalized spacial score (nSPS) is 12.8. The summed E-state index contributed by atoms with van der Waals surface area (Å²) in [6.45, 7) is 5.92. The number of aryl methyl sites for hydroxylation is 1. The van der Waals surface area contributed by atoms with Crippen LogP contribution in [0.25, 0.3) is 0 Å². The summed E-state index contributed by atoms with van der Waals surface area (Å²) in [6, 6.07) is 0.312. The van der Waals surface area contributed by atoms with E-state index >= 15 is 0 Å². The van der Waals surface area contributed by atoms with Crippen molar-refractivity contribution in [1.82, 2.24) is 9.78 Å². The van der Waals surface area contributed by atoms with E-state index in [1.54, 1.807) is 17.8 Å². The predicted octanol–water partition coefficient (Wildman–Crippen LogP) is 1.26. The lowest BCUT2D eigenvalue weighted by Crippen LogP contribution is -2.11. The number of hydrogen-bond acceptors (Lipinski definition) is 2. The zero-order chi connectivity index (χ0) is 10.0. The van der Waals surface area contributed by atoms with Crippen molar-refractivity contribution in [3.05, 3.63) is 17.5 Å². The molecule has 0 aromatic carbocycles. The standard InChI is InChI=1S/C9H15N3O/c1-4-6(2)12-5-8(9(10)13)7(3)11-12/h5-6H,4H2,1-3H3,(H2,10,13). The van der Waals surface area contributed by atoms with Crippen LogP contribution in [0.4, 0.5) is 0 Å². The van der Waals surface area contributed by atoms with E-state index in [0.29, 0.717) is 17.3 Å². The Morgan fingerprint density at radius 3 is 2.77 bits per heavy atom. The first-order chi connectivity index (χ1) is 6.06. The van der Waals surface area contributed by atoms with E-state index in [0.717, 1.165) is 6.42 Å². The molecule has 0 fully saturated rings. The first-order valence-electron chi connectivity index (χ1n) is 4.41. The number of primary amides is 1. The molecule has 0 bridgehead atoms. The van der Waals surface area contributed by atoms with E-state index in [9.17, 15) is 4.79 Å². The summed E-state index contributed by atoms with van der Waals surface area (Å²) in [5, 5.41) is 4.22. The van der Waals surface area contributed by atoms with Gasteiger partial charge in [-0.1, -0.05) is 6.92 Å². The van der Waals surface area contributed by atoms with Gasteiger partial charge >= 0.3 is 0 Å². The van der Waals surface area contributed by atoms with E-state index in [1.807, 2.05) is 0 Å². The topological polar surface area (TPSA) is 60.9 Å². The minimum atomic E-state index is -0.410. The molecule has 0 radical (unpaired) electrons. The first-order valence-corrected chi connectivity index (χ1v) is 4.41. The maximum atomic E-state index is 10.9. The molecule has 1 heterocycles. The van der Waals surface area contributed by atoms with Crippen molar-refractivity contribution >= 4 is 5.91 Å². The van der Waals surface area contributed by atoms with Crippen molar-refractivity contribution in [1.29, 1.82) is 0 Å². The Balaban J connectivity index is 3.01. The lowest BCUT2D eigenvalue weighted by molar-refractivity contribution is 0.0999. The number of nitrogens with zero attached hydrogens (tertiary/aromatic N) is 2. The molecule has 2 N–H and O–H groups in total. The molecule has 1 amide bonds. The fourth-order valence-corrected chi connectivity index (χ4v) is 1.14. The lowest BCUT2D eigenvalue weighted by Gasteiger charge is -2.07. The average molecular weight is 181 g/mol. The zero-order valence-corrected chi connectivity index (χ0v) is 8.24. The van der Waals surface area contributed by atoms with Crippen LogP contribution >= 0.6 is 0 Å². The van der Waals surface area contributed by atoms with E-state index in [4.69, 9.17) is 5.73 Å². The van der Waals surface area contributed by atoms with Gasteiger partial charge in [0.2, 0.25) is 0 Å². The van der Waals surface area contributed by atoms with Gasteiger partial charge in [-0.15, -0.1) is 0 Å². The van der Waals surface area contributed by atoms with Gasteiger partial charge in [0.15, 0.2) is 0 Å². The molecule has 0 aliphatic rings. The van der Waals surface area contributed by atoms with Gasteiger partial charge in [0, 0.05) is 12.2 Å². The number of nitrogens with two attached hydrogens (primary N) is 1. The molecule has 1 aromatic rings. The maximum Gasteiger partial charge on any atom is 0.252 e. The van der Waals surface area contributed by atoms with Crippen LogP contribution in [-0.4, -0.2) is 15.7 Å². The van der Waals surface area contributed by atoms with Gasteiger partial charge < -0.3 is 5.73 Å². The van der Waals surface area contributed by atoms with Crippen molar-refractivity contribution in [2.75, 3.05) is 0 Å². The lowest BCUT2D eigenvalue weighted by atomic mass is 10.2. The summed E-state index contributed by atoms with van der Waals surface area (Å²) < 4.78 is 1.79. The fraction of sp³-hybridized carbons (Fsp3) is 0.556. The SMILES string of the molecule is CCC(C)n1cc(C(N)=O)c(C)n1. The number of hydrogen-bond donors (Lipinski definition) is 1. The molecule has 4 nitrogen and oxygen atoms in total. The van der Waals surface area contributed by atoms with Crippen LogP contribution in [0.3, 0.4) is 0 Å². The first kappa shape index (κ1) is 9.77. The molecule has 0 aliphatic heterocycles. The van der Waals surface area contributed by atoms with Gasteiger partial charge in [0.05, 0.1) is 11.3 Å². The Hall–Kier alpha value is -1.32. The molecule has 0 saturated heterocycles. The Morgan fingerprint density at radius 1 is 1.77 bits per heavy atom. The maximum absolute atomic E-state index is 10.9. The third-order valence-corrected chi connectivity index (χ3v) is 2.22. The molecule has 72 valence electrons. The highest BCUT2D eigenvalue weighted by Crippen LogP contribution is 2.12. The molecule has 0 saturated carbocycles. The van der Waals surface area contributed by atoms with Crippen molar-refractivity contribution in [3.63, 3.8) is 0 Å². The number of rotatable bonds is 3. The van der Waals surface area contributed by atoms with Gasteiger partial charge in [0.1, 0.15) is 0 Å². The van der Waals surface area contributed by atoms with Gasteiger partial charge in [0.25, 0.3) is 5.91 Å². The summed E-state index contributed by atoms with van der Waals surface area (Å²) in [5.74, 6) is -0.410. The van der Waals surface area contributed by atoms with Crippen LogP contribution in [-0.2, 0) is 0 Å². The number of aromatic nitrogens is 2. The highest BCUT2D eigenvalue weighted by molar-refractivity contribution is 5.93. The van der Waals surface area contributed by atoms with Crippen LogP contribution in [0.1, 0.15) is 42.4 Å².